The highest BCUT2D eigenvalue weighted by Crippen LogP contribution is 2.46. The minimum atomic E-state index is 0. The molecule has 0 bridgehead atoms. The zero-order valence-electron chi connectivity index (χ0n) is 23.9. The van der Waals surface area contributed by atoms with Gasteiger partial charge in [-0.15, -0.1) is 0 Å². The van der Waals surface area contributed by atoms with Gasteiger partial charge in [0.25, 0.3) is 0 Å². The molecule has 0 spiro atoms. The topological polar surface area (TPSA) is 15.4 Å². The first kappa shape index (κ1) is 28.0. The maximum absolute atomic E-state index is 4.78. The summed E-state index contributed by atoms with van der Waals surface area (Å²) in [6, 6.07) is 0. The molecule has 0 saturated carbocycles. The molecule has 2 nitrogen and oxygen atoms in total. The van der Waals surface area contributed by atoms with Gasteiger partial charge in [-0.3, -0.25) is 4.99 Å². The van der Waals surface area contributed by atoms with E-state index in [1.165, 1.54) is 78.4 Å². The standard InChI is InChI=1S/C16H24N.C15H21N.CH4/c1-9-10(2)12(4)15-14(11(9)3)16(6,7)13(5)17(15)8;1-8-9(2)11(4)14-13(10(8)3)15(6,7)12(5)16-14;/h1-8H3;1-7H3;1H4/q+1;;. The summed E-state index contributed by atoms with van der Waals surface area (Å²) in [5, 5.41) is 0. The monoisotopic (exact) mass is 461 g/mol. The lowest BCUT2D eigenvalue weighted by Crippen LogP contribution is -2.26. The molecule has 2 heterocycles. The average molecular weight is 462 g/mol. The highest BCUT2D eigenvalue weighted by molar-refractivity contribution is 6.01. The second-order valence-electron chi connectivity index (χ2n) is 11.5. The van der Waals surface area contributed by atoms with Crippen LogP contribution in [-0.4, -0.2) is 23.0 Å². The fraction of sp³-hybridized carbons (Fsp3) is 0.562. The summed E-state index contributed by atoms with van der Waals surface area (Å²) < 4.78 is 2.38. The van der Waals surface area contributed by atoms with Crippen molar-refractivity contribution in [3.63, 3.8) is 0 Å². The van der Waals surface area contributed by atoms with E-state index < -0.39 is 0 Å². The second kappa shape index (κ2) is 8.77. The van der Waals surface area contributed by atoms with Gasteiger partial charge in [-0.2, -0.15) is 0 Å². The Morgan fingerprint density at radius 2 is 0.941 bits per heavy atom. The number of hydrogen-bond acceptors (Lipinski definition) is 1. The van der Waals surface area contributed by atoms with E-state index in [0.29, 0.717) is 0 Å². The molecule has 2 aromatic rings. The molecule has 2 aliphatic heterocycles. The predicted molar refractivity (Wildman–Crippen MR) is 153 cm³/mol. The van der Waals surface area contributed by atoms with Crippen molar-refractivity contribution in [3.8, 4) is 0 Å². The van der Waals surface area contributed by atoms with E-state index in [1.807, 2.05) is 0 Å². The summed E-state index contributed by atoms with van der Waals surface area (Å²) in [7, 11) is 2.20. The van der Waals surface area contributed by atoms with Crippen molar-refractivity contribution in [1.82, 2.24) is 0 Å². The normalized spacial score (nSPS) is 17.0. The number of rotatable bonds is 0. The van der Waals surface area contributed by atoms with Gasteiger partial charge in [0.15, 0.2) is 5.71 Å². The van der Waals surface area contributed by atoms with Gasteiger partial charge in [-0.25, -0.2) is 4.58 Å². The van der Waals surface area contributed by atoms with Crippen LogP contribution in [0.3, 0.4) is 0 Å². The molecular weight excluding hydrogens is 412 g/mol. The van der Waals surface area contributed by atoms with Crippen molar-refractivity contribution in [2.45, 2.75) is 115 Å². The van der Waals surface area contributed by atoms with Gasteiger partial charge < -0.3 is 0 Å². The van der Waals surface area contributed by atoms with E-state index in [0.717, 1.165) is 0 Å². The first-order chi connectivity index (χ1) is 15.0. The molecule has 2 heteroatoms. The van der Waals surface area contributed by atoms with Crippen LogP contribution in [0.25, 0.3) is 0 Å². The summed E-state index contributed by atoms with van der Waals surface area (Å²) >= 11 is 0. The van der Waals surface area contributed by atoms with Crippen LogP contribution in [-0.2, 0) is 10.8 Å². The molecule has 0 radical (unpaired) electrons. The van der Waals surface area contributed by atoms with Gasteiger partial charge in [-0.05, 0) is 121 Å². The number of aliphatic imine (C=N–C) groups is 1. The van der Waals surface area contributed by atoms with Gasteiger partial charge >= 0.3 is 0 Å². The maximum Gasteiger partial charge on any atom is 0.212 e. The Balaban J connectivity index is 0.000000234. The van der Waals surface area contributed by atoms with Gasteiger partial charge in [0, 0.05) is 29.2 Å². The van der Waals surface area contributed by atoms with Crippen LogP contribution >= 0.6 is 0 Å². The summed E-state index contributed by atoms with van der Waals surface area (Å²) in [5.41, 5.74) is 20.0. The molecule has 0 amide bonds. The third-order valence-corrected chi connectivity index (χ3v) is 9.49. The van der Waals surface area contributed by atoms with Crippen molar-refractivity contribution < 1.29 is 4.58 Å². The summed E-state index contributed by atoms with van der Waals surface area (Å²) in [4.78, 5) is 4.78. The van der Waals surface area contributed by atoms with Crippen LogP contribution in [0.4, 0.5) is 11.4 Å². The van der Waals surface area contributed by atoms with Crippen molar-refractivity contribution >= 4 is 22.8 Å². The lowest BCUT2D eigenvalue weighted by Gasteiger charge is -2.24. The molecule has 4 rings (SSSR count). The van der Waals surface area contributed by atoms with Gasteiger partial charge in [0.05, 0.1) is 11.1 Å². The predicted octanol–water partition coefficient (Wildman–Crippen LogP) is 8.89. The van der Waals surface area contributed by atoms with Crippen LogP contribution in [0.2, 0.25) is 0 Å². The van der Waals surface area contributed by atoms with Gasteiger partial charge in [0.1, 0.15) is 7.05 Å². The van der Waals surface area contributed by atoms with E-state index in [1.54, 1.807) is 0 Å². The Labute approximate surface area is 210 Å². The van der Waals surface area contributed by atoms with E-state index in [2.05, 4.69) is 109 Å². The Hall–Kier alpha value is -2.22. The number of hydrogen-bond donors (Lipinski definition) is 0. The number of nitrogens with zero attached hydrogens (tertiary/aromatic N) is 2. The summed E-state index contributed by atoms with van der Waals surface area (Å²) in [5.74, 6) is 0. The molecular formula is C32H49N2+. The van der Waals surface area contributed by atoms with Crippen LogP contribution in [0.1, 0.15) is 105 Å². The third-order valence-electron chi connectivity index (χ3n) is 9.49. The number of fused-ring (bicyclic) bond motifs is 2. The summed E-state index contributed by atoms with van der Waals surface area (Å²) in [6.07, 6.45) is 0. The quantitative estimate of drug-likeness (QED) is 0.348. The van der Waals surface area contributed by atoms with Crippen LogP contribution in [0.15, 0.2) is 4.99 Å². The second-order valence-corrected chi connectivity index (χ2v) is 11.5. The molecule has 2 aliphatic rings. The zero-order valence-corrected chi connectivity index (χ0v) is 23.9. The minimum Gasteiger partial charge on any atom is -0.257 e. The first-order valence-corrected chi connectivity index (χ1v) is 12.3. The lowest BCUT2D eigenvalue weighted by atomic mass is 9.77. The molecule has 0 N–H and O–H groups in total. The van der Waals surface area contributed by atoms with Crippen LogP contribution < -0.4 is 0 Å². The fourth-order valence-electron chi connectivity index (χ4n) is 5.93. The Bertz CT molecular complexity index is 1250. The van der Waals surface area contributed by atoms with Crippen molar-refractivity contribution in [2.75, 3.05) is 7.05 Å². The Morgan fingerprint density at radius 3 is 1.44 bits per heavy atom. The van der Waals surface area contributed by atoms with Crippen molar-refractivity contribution in [1.29, 1.82) is 0 Å². The fourth-order valence-corrected chi connectivity index (χ4v) is 5.93. The molecule has 34 heavy (non-hydrogen) atoms. The van der Waals surface area contributed by atoms with Gasteiger partial charge in [0.2, 0.25) is 5.69 Å². The molecule has 0 unspecified atom stereocenters. The Morgan fingerprint density at radius 1 is 0.529 bits per heavy atom. The van der Waals surface area contributed by atoms with Crippen LogP contribution in [0, 0.1) is 55.4 Å². The number of benzene rings is 2. The Kier molecular flexibility index (Phi) is 7.23. The van der Waals surface area contributed by atoms with E-state index >= 15 is 0 Å². The average Bonchev–Trinajstić information content (AvgIpc) is 3.09. The first-order valence-electron chi connectivity index (χ1n) is 12.3. The van der Waals surface area contributed by atoms with E-state index in [-0.39, 0.29) is 18.3 Å². The lowest BCUT2D eigenvalue weighted by molar-refractivity contribution is -0.403. The molecule has 0 fully saturated rings. The highest BCUT2D eigenvalue weighted by atomic mass is 15.0. The van der Waals surface area contributed by atoms with E-state index in [9.17, 15) is 0 Å². The molecule has 0 saturated heterocycles. The SMILES string of the molecule is C.CC1=Nc2c(C)c(C)c(C)c(C)c2C1(C)C.CC1=[N+](C)c2c(C)c(C)c(C)c(C)c2C1(C)C. The summed E-state index contributed by atoms with van der Waals surface area (Å²) in [6.45, 7) is 31.5. The van der Waals surface area contributed by atoms with Crippen LogP contribution in [0.5, 0.6) is 0 Å². The van der Waals surface area contributed by atoms with Gasteiger partial charge in [-0.1, -0.05) is 21.3 Å². The zero-order chi connectivity index (χ0) is 25.4. The molecule has 0 aliphatic carbocycles. The largest absolute Gasteiger partial charge is 0.257 e. The van der Waals surface area contributed by atoms with E-state index in [4.69, 9.17) is 4.99 Å². The molecule has 0 aromatic heterocycles. The van der Waals surface area contributed by atoms with Crippen molar-refractivity contribution in [3.05, 3.63) is 55.6 Å². The smallest absolute Gasteiger partial charge is 0.212 e. The van der Waals surface area contributed by atoms with Crippen molar-refractivity contribution in [2.24, 2.45) is 4.99 Å². The maximum atomic E-state index is 4.78. The third kappa shape index (κ3) is 3.69. The molecule has 186 valence electrons. The minimum absolute atomic E-state index is 0. The molecule has 0 atom stereocenters. The highest BCUT2D eigenvalue weighted by Gasteiger charge is 2.44. The molecule has 2 aromatic carbocycles.